The number of hydrogen-bond donors (Lipinski definition) is 3. The minimum atomic E-state index is -1.13. The van der Waals surface area contributed by atoms with Crippen LogP contribution in [0.4, 0.5) is 10.1 Å². The molecule has 0 aliphatic rings. The Hall–Kier alpha value is -4.29. The van der Waals surface area contributed by atoms with Gasteiger partial charge in [0.05, 0.1) is 12.3 Å². The first-order valence-corrected chi connectivity index (χ1v) is 10.2. The second-order valence-corrected chi connectivity index (χ2v) is 7.47. The fourth-order valence-corrected chi connectivity index (χ4v) is 3.61. The second-order valence-electron chi connectivity index (χ2n) is 7.47. The van der Waals surface area contributed by atoms with Crippen LogP contribution in [0, 0.1) is 5.82 Å². The monoisotopic (exact) mass is 441 g/mol. The highest BCUT2D eigenvalue weighted by molar-refractivity contribution is 6.14. The number of aliphatic hydroxyl groups is 1. The van der Waals surface area contributed by atoms with Crippen LogP contribution < -0.4 is 5.32 Å². The van der Waals surface area contributed by atoms with E-state index < -0.39 is 17.7 Å². The molecule has 33 heavy (non-hydrogen) atoms. The zero-order chi connectivity index (χ0) is 23.4. The minimum absolute atomic E-state index is 0.0516. The molecule has 0 radical (unpaired) electrons. The molecular weight excluding hydrogens is 421 g/mol. The summed E-state index contributed by atoms with van der Waals surface area (Å²) in [6.45, 7) is -0.0965. The topological polar surface area (TPSA) is 86.6 Å². The maximum atomic E-state index is 14.4. The lowest BCUT2D eigenvalue weighted by Gasteiger charge is -2.13. The highest BCUT2D eigenvalue weighted by Gasteiger charge is 2.15. The van der Waals surface area contributed by atoms with E-state index in [4.69, 9.17) is 5.11 Å². The maximum absolute atomic E-state index is 14.4. The summed E-state index contributed by atoms with van der Waals surface area (Å²) < 4.78 is 14.4. The number of carbonyl (C=O) groups excluding carboxylic acids is 1. The summed E-state index contributed by atoms with van der Waals surface area (Å²) in [4.78, 5) is 24.0. The van der Waals surface area contributed by atoms with Crippen LogP contribution in [0.5, 0.6) is 0 Å². The Labute approximate surface area is 189 Å². The van der Waals surface area contributed by atoms with Crippen LogP contribution in [-0.4, -0.2) is 22.1 Å². The number of halogens is 1. The molecule has 0 spiro atoms. The first-order valence-electron chi connectivity index (χ1n) is 10.2. The number of fused-ring (bicyclic) bond motifs is 1. The smallest absolute Gasteiger partial charge is 0.328 e. The fourth-order valence-electron chi connectivity index (χ4n) is 3.61. The van der Waals surface area contributed by atoms with Gasteiger partial charge in [-0.05, 0) is 69.4 Å². The third kappa shape index (κ3) is 4.97. The number of carbonyl (C=O) groups is 2. The molecule has 0 saturated heterocycles. The second kappa shape index (κ2) is 9.46. The van der Waals surface area contributed by atoms with Crippen LogP contribution in [0.15, 0.2) is 84.9 Å². The van der Waals surface area contributed by atoms with Crippen LogP contribution in [0.1, 0.15) is 21.5 Å². The van der Waals surface area contributed by atoms with Gasteiger partial charge in [-0.2, -0.15) is 0 Å². The minimum Gasteiger partial charge on any atom is -0.478 e. The van der Waals surface area contributed by atoms with Gasteiger partial charge in [-0.3, -0.25) is 4.79 Å². The summed E-state index contributed by atoms with van der Waals surface area (Å²) in [5, 5.41) is 22.4. The van der Waals surface area contributed by atoms with Gasteiger partial charge in [-0.15, -0.1) is 0 Å². The van der Waals surface area contributed by atoms with Crippen LogP contribution >= 0.6 is 0 Å². The summed E-state index contributed by atoms with van der Waals surface area (Å²) in [6.07, 6.45) is 2.26. The lowest BCUT2D eigenvalue weighted by molar-refractivity contribution is -0.131. The van der Waals surface area contributed by atoms with Crippen molar-refractivity contribution in [3.05, 3.63) is 107 Å². The van der Waals surface area contributed by atoms with Gasteiger partial charge < -0.3 is 15.5 Å². The number of carboxylic acids is 1. The molecule has 0 saturated carbocycles. The van der Waals surface area contributed by atoms with E-state index in [1.165, 1.54) is 24.3 Å². The van der Waals surface area contributed by atoms with Gasteiger partial charge in [0.1, 0.15) is 5.82 Å². The summed E-state index contributed by atoms with van der Waals surface area (Å²) in [7, 11) is 0. The highest BCUT2D eigenvalue weighted by atomic mass is 19.1. The van der Waals surface area contributed by atoms with Gasteiger partial charge >= 0.3 is 5.97 Å². The van der Waals surface area contributed by atoms with Crippen molar-refractivity contribution in [2.75, 3.05) is 5.32 Å². The highest BCUT2D eigenvalue weighted by Crippen LogP contribution is 2.29. The Morgan fingerprint density at radius 1 is 0.909 bits per heavy atom. The lowest BCUT2D eigenvalue weighted by Crippen LogP contribution is -2.14. The van der Waals surface area contributed by atoms with E-state index in [1.54, 1.807) is 6.07 Å². The molecule has 4 aromatic carbocycles. The molecule has 0 atom stereocenters. The average Bonchev–Trinajstić information content (AvgIpc) is 2.83. The number of amides is 1. The van der Waals surface area contributed by atoms with Crippen LogP contribution in [-0.2, 0) is 11.4 Å². The first-order chi connectivity index (χ1) is 15.9. The standard InChI is InChI=1S/C27H20FNO4/c28-24-10-8-17(9-11-26(31)32)13-25(24)29-27(33)23-15-21(14-20-5-1-2-7-22(20)23)19-6-3-4-18(12-19)16-30/h1-15,30H,16H2,(H,29,33)(H,31,32). The molecule has 0 aliphatic carbocycles. The van der Waals surface area contributed by atoms with Gasteiger partial charge in [0.25, 0.3) is 5.91 Å². The van der Waals surface area contributed by atoms with Crippen molar-refractivity contribution in [2.45, 2.75) is 6.61 Å². The molecule has 0 fully saturated rings. The largest absolute Gasteiger partial charge is 0.478 e. The predicted octanol–water partition coefficient (Wildman–Crippen LogP) is 5.49. The first kappa shape index (κ1) is 21.9. The van der Waals surface area contributed by atoms with Crippen molar-refractivity contribution >= 4 is 34.4 Å². The molecule has 0 unspecified atom stereocenters. The van der Waals surface area contributed by atoms with Crippen molar-refractivity contribution in [1.29, 1.82) is 0 Å². The van der Waals surface area contributed by atoms with Crippen molar-refractivity contribution in [1.82, 2.24) is 0 Å². The zero-order valence-electron chi connectivity index (χ0n) is 17.5. The SMILES string of the molecule is O=C(O)C=Cc1ccc(F)c(NC(=O)c2cc(-c3cccc(CO)c3)cc3ccccc23)c1. The van der Waals surface area contributed by atoms with Crippen LogP contribution in [0.2, 0.25) is 0 Å². The third-order valence-corrected chi connectivity index (χ3v) is 5.21. The van der Waals surface area contributed by atoms with Gasteiger partial charge in [-0.1, -0.05) is 48.5 Å². The summed E-state index contributed by atoms with van der Waals surface area (Å²) in [6, 6.07) is 22.5. The van der Waals surface area contributed by atoms with E-state index in [0.717, 1.165) is 28.2 Å². The van der Waals surface area contributed by atoms with Crippen molar-refractivity contribution in [3.8, 4) is 11.1 Å². The molecule has 0 bridgehead atoms. The Morgan fingerprint density at radius 2 is 1.73 bits per heavy atom. The van der Waals surface area contributed by atoms with E-state index in [1.807, 2.05) is 54.6 Å². The van der Waals surface area contributed by atoms with E-state index in [2.05, 4.69) is 5.32 Å². The molecule has 4 aromatic rings. The number of anilines is 1. The van der Waals surface area contributed by atoms with Gasteiger partial charge in [0.15, 0.2) is 0 Å². The fraction of sp³-hybridized carbons (Fsp3) is 0.0370. The van der Waals surface area contributed by atoms with Crippen molar-refractivity contribution in [3.63, 3.8) is 0 Å². The molecule has 1 amide bonds. The molecule has 0 aliphatic heterocycles. The lowest BCUT2D eigenvalue weighted by atomic mass is 9.95. The number of carboxylic acid groups (broad SMARTS) is 1. The molecule has 164 valence electrons. The van der Waals surface area contributed by atoms with Crippen molar-refractivity contribution < 1.29 is 24.2 Å². The Kier molecular flexibility index (Phi) is 6.29. The molecule has 0 heterocycles. The Balaban J connectivity index is 1.75. The van der Waals surface area contributed by atoms with Crippen molar-refractivity contribution in [2.24, 2.45) is 0 Å². The van der Waals surface area contributed by atoms with Gasteiger partial charge in [0, 0.05) is 11.6 Å². The maximum Gasteiger partial charge on any atom is 0.328 e. The van der Waals surface area contributed by atoms with E-state index in [9.17, 15) is 19.1 Å². The number of aliphatic carboxylic acids is 1. The quantitative estimate of drug-likeness (QED) is 0.346. The number of nitrogens with one attached hydrogen (secondary N) is 1. The number of hydrogen-bond acceptors (Lipinski definition) is 3. The Bertz CT molecular complexity index is 1390. The number of rotatable bonds is 6. The number of benzene rings is 4. The molecule has 0 aromatic heterocycles. The van der Waals surface area contributed by atoms with E-state index in [-0.39, 0.29) is 12.3 Å². The van der Waals surface area contributed by atoms with E-state index in [0.29, 0.717) is 16.5 Å². The Morgan fingerprint density at radius 3 is 2.52 bits per heavy atom. The summed E-state index contributed by atoms with van der Waals surface area (Å²) in [5.74, 6) is -2.25. The third-order valence-electron chi connectivity index (χ3n) is 5.21. The number of aliphatic hydroxyl groups excluding tert-OH is 1. The van der Waals surface area contributed by atoms with Gasteiger partial charge in [0.2, 0.25) is 0 Å². The molecule has 3 N–H and O–H groups in total. The molecular formula is C27H20FNO4. The molecule has 4 rings (SSSR count). The van der Waals surface area contributed by atoms with Gasteiger partial charge in [-0.25, -0.2) is 9.18 Å². The zero-order valence-corrected chi connectivity index (χ0v) is 17.5. The van der Waals surface area contributed by atoms with Crippen LogP contribution in [0.3, 0.4) is 0 Å². The van der Waals surface area contributed by atoms with E-state index >= 15 is 0 Å². The normalized spacial score (nSPS) is 11.1. The summed E-state index contributed by atoms with van der Waals surface area (Å²) in [5.41, 5.74) is 3.13. The van der Waals surface area contributed by atoms with Crippen LogP contribution in [0.25, 0.3) is 28.0 Å². The average molecular weight is 441 g/mol. The predicted molar refractivity (Wildman–Crippen MR) is 126 cm³/mol. The molecule has 6 heteroatoms. The summed E-state index contributed by atoms with van der Waals surface area (Å²) >= 11 is 0. The molecule has 5 nitrogen and oxygen atoms in total.